The van der Waals surface area contributed by atoms with Gasteiger partial charge in [0, 0.05) is 24.4 Å². The van der Waals surface area contributed by atoms with E-state index in [0.29, 0.717) is 17.7 Å². The number of aliphatic imine (C=N–C) groups is 1. The lowest BCUT2D eigenvalue weighted by molar-refractivity contribution is -0.125. The van der Waals surface area contributed by atoms with Crippen LogP contribution >= 0.6 is 0 Å². The predicted molar refractivity (Wildman–Crippen MR) is 136 cm³/mol. The van der Waals surface area contributed by atoms with Gasteiger partial charge in [-0.05, 0) is 56.6 Å². The fourth-order valence-corrected chi connectivity index (χ4v) is 3.33. The highest BCUT2D eigenvalue weighted by Gasteiger charge is 2.36. The lowest BCUT2D eigenvalue weighted by atomic mass is 10.00. The average Bonchev–Trinajstić information content (AvgIpc) is 3.52. The molecule has 0 atom stereocenters. The van der Waals surface area contributed by atoms with Crippen molar-refractivity contribution in [1.29, 1.82) is 0 Å². The molecule has 0 aromatic carbocycles. The molecule has 0 fully saturated rings. The summed E-state index contributed by atoms with van der Waals surface area (Å²) >= 11 is 0. The first-order valence-corrected chi connectivity index (χ1v) is 11.3. The number of rotatable bonds is 7. The zero-order valence-electron chi connectivity index (χ0n) is 21.2. The maximum absolute atomic E-state index is 13.9. The van der Waals surface area contributed by atoms with Crippen LogP contribution in [0.15, 0.2) is 93.1 Å². The van der Waals surface area contributed by atoms with Crippen LogP contribution in [-0.4, -0.2) is 35.8 Å². The van der Waals surface area contributed by atoms with Gasteiger partial charge >= 0.3 is 6.18 Å². The average molecular weight is 490 g/mol. The quantitative estimate of drug-likeness (QED) is 0.262. The van der Waals surface area contributed by atoms with E-state index in [1.807, 2.05) is 19.9 Å². The van der Waals surface area contributed by atoms with E-state index in [-0.39, 0.29) is 23.7 Å². The number of alkyl halides is 3. The summed E-state index contributed by atoms with van der Waals surface area (Å²) in [5.41, 5.74) is 6.94. The highest BCUT2D eigenvalue weighted by atomic mass is 19.4. The Bertz CT molecular complexity index is 1080. The molecule has 0 saturated carbocycles. The first-order valence-electron chi connectivity index (χ1n) is 11.3. The topological polar surface area (TPSA) is 71.8 Å². The smallest absolute Gasteiger partial charge is 0.418 e. The fourth-order valence-electron chi connectivity index (χ4n) is 3.33. The van der Waals surface area contributed by atoms with Gasteiger partial charge in [-0.1, -0.05) is 44.7 Å². The van der Waals surface area contributed by atoms with Crippen LogP contribution < -0.4 is 5.73 Å². The molecule has 0 spiro atoms. The summed E-state index contributed by atoms with van der Waals surface area (Å²) in [5.74, 6) is -0.544. The number of nitrogens with two attached hydrogens (primary N) is 1. The number of carbonyl (C=O) groups excluding carboxylic acids is 1. The number of furan rings is 1. The van der Waals surface area contributed by atoms with Gasteiger partial charge in [-0.2, -0.15) is 13.2 Å². The van der Waals surface area contributed by atoms with Crippen molar-refractivity contribution in [2.24, 2.45) is 10.7 Å². The highest BCUT2D eigenvalue weighted by molar-refractivity contribution is 6.05. The molecule has 0 unspecified atom stereocenters. The van der Waals surface area contributed by atoms with E-state index in [1.54, 1.807) is 38.3 Å². The second kappa shape index (κ2) is 13.4. The van der Waals surface area contributed by atoms with Gasteiger partial charge in [-0.15, -0.1) is 0 Å². The van der Waals surface area contributed by atoms with Crippen molar-refractivity contribution < 1.29 is 22.4 Å². The minimum atomic E-state index is -4.69. The van der Waals surface area contributed by atoms with E-state index in [0.717, 1.165) is 17.2 Å². The van der Waals surface area contributed by atoms with E-state index in [2.05, 4.69) is 11.6 Å². The molecule has 0 radical (unpaired) electrons. The van der Waals surface area contributed by atoms with E-state index in [4.69, 9.17) is 10.2 Å². The Labute approximate surface area is 205 Å². The zero-order valence-corrected chi connectivity index (χ0v) is 21.2. The van der Waals surface area contributed by atoms with Gasteiger partial charge in [0.1, 0.15) is 5.70 Å². The minimum Gasteiger partial charge on any atom is -0.472 e. The van der Waals surface area contributed by atoms with Crippen LogP contribution in [0.3, 0.4) is 0 Å². The van der Waals surface area contributed by atoms with Crippen molar-refractivity contribution in [1.82, 2.24) is 4.90 Å². The lowest BCUT2D eigenvalue weighted by Gasteiger charge is -2.19. The van der Waals surface area contributed by atoms with Crippen LogP contribution in [0.2, 0.25) is 0 Å². The van der Waals surface area contributed by atoms with E-state index >= 15 is 0 Å². The molecule has 2 rings (SSSR count). The molecule has 1 aromatic heterocycles. The molecule has 190 valence electrons. The molecule has 1 amide bonds. The Morgan fingerprint density at radius 2 is 1.83 bits per heavy atom. The van der Waals surface area contributed by atoms with Gasteiger partial charge in [-0.3, -0.25) is 4.79 Å². The largest absolute Gasteiger partial charge is 0.472 e. The summed E-state index contributed by atoms with van der Waals surface area (Å²) < 4.78 is 46.8. The predicted octanol–water partition coefficient (Wildman–Crippen LogP) is 6.75. The number of hydrogen-bond donors (Lipinski definition) is 1. The van der Waals surface area contributed by atoms with Gasteiger partial charge in [-0.25, -0.2) is 4.99 Å². The Kier molecular flexibility index (Phi) is 11.3. The maximum Gasteiger partial charge on any atom is 0.418 e. The molecule has 0 saturated heterocycles. The molecule has 8 heteroatoms. The summed E-state index contributed by atoms with van der Waals surface area (Å²) in [4.78, 5) is 18.6. The van der Waals surface area contributed by atoms with Crippen molar-refractivity contribution in [3.05, 3.63) is 89.2 Å². The molecule has 35 heavy (non-hydrogen) atoms. The molecule has 1 aliphatic rings. The van der Waals surface area contributed by atoms with Gasteiger partial charge < -0.3 is 15.1 Å². The van der Waals surface area contributed by atoms with Crippen LogP contribution in [0.5, 0.6) is 0 Å². The fraction of sp³-hybridized carbons (Fsp3) is 0.333. The third-order valence-corrected chi connectivity index (χ3v) is 5.12. The van der Waals surface area contributed by atoms with Crippen LogP contribution in [0, 0.1) is 0 Å². The van der Waals surface area contributed by atoms with E-state index in [1.165, 1.54) is 31.1 Å². The molecule has 2 N–H and O–H groups in total. The van der Waals surface area contributed by atoms with E-state index in [9.17, 15) is 18.0 Å². The van der Waals surface area contributed by atoms with Gasteiger partial charge in [0.05, 0.1) is 23.8 Å². The van der Waals surface area contributed by atoms with Crippen LogP contribution in [0.25, 0.3) is 5.57 Å². The van der Waals surface area contributed by atoms with Crippen LogP contribution in [0.4, 0.5) is 13.2 Å². The third kappa shape index (κ3) is 7.73. The second-order valence-electron chi connectivity index (χ2n) is 7.40. The van der Waals surface area contributed by atoms with Gasteiger partial charge in [0.2, 0.25) is 0 Å². The van der Waals surface area contributed by atoms with Crippen molar-refractivity contribution in [3.63, 3.8) is 0 Å². The third-order valence-electron chi connectivity index (χ3n) is 5.12. The van der Waals surface area contributed by atoms with Crippen LogP contribution in [-0.2, 0) is 4.79 Å². The summed E-state index contributed by atoms with van der Waals surface area (Å²) in [6.45, 7) is 14.2. The molecule has 5 nitrogen and oxygen atoms in total. The Morgan fingerprint density at radius 1 is 1.20 bits per heavy atom. The number of nitrogens with zero attached hydrogens (tertiary/aromatic N) is 2. The number of halogens is 3. The zero-order chi connectivity index (χ0) is 26.8. The van der Waals surface area contributed by atoms with Crippen molar-refractivity contribution in [2.75, 3.05) is 13.1 Å². The summed E-state index contributed by atoms with van der Waals surface area (Å²) in [6.07, 6.45) is 5.95. The Hall–Kier alpha value is -3.55. The summed E-state index contributed by atoms with van der Waals surface area (Å²) in [6, 6.07) is 1.77. The number of hydrogen-bond acceptors (Lipinski definition) is 4. The van der Waals surface area contributed by atoms with Gasteiger partial charge in [0.15, 0.2) is 0 Å². The lowest BCUT2D eigenvalue weighted by Crippen LogP contribution is -2.31. The molecule has 1 aromatic rings. The van der Waals surface area contributed by atoms with Crippen LogP contribution in [0.1, 0.15) is 47.1 Å². The second-order valence-corrected chi connectivity index (χ2v) is 7.40. The molecule has 0 bridgehead atoms. The number of amides is 1. The van der Waals surface area contributed by atoms with Crippen molar-refractivity contribution in [3.8, 4) is 0 Å². The molecular weight excluding hydrogens is 455 g/mol. The Balaban J connectivity index is 0.00000298. The summed E-state index contributed by atoms with van der Waals surface area (Å²) in [5, 5.41) is 0. The van der Waals surface area contributed by atoms with E-state index < -0.39 is 17.7 Å². The normalized spacial score (nSPS) is 16.4. The summed E-state index contributed by atoms with van der Waals surface area (Å²) in [7, 11) is 0. The first-order chi connectivity index (χ1) is 16.5. The number of carbonyl (C=O) groups is 1. The monoisotopic (exact) mass is 489 g/mol. The molecule has 1 aliphatic heterocycles. The standard InChI is InChI=1S/C25H28F3N3O2.C2H6/c1-6-18(7-2)19(8-3)13-22(25(26,27)28)17(5)30-23(16(4)29)24(32)31-11-9-20(14-31)21-10-12-33-15-21;1-2/h6-10,12-13,15H,1,11,14,29H2,2-5H3;1-2H3/b18-7+,19-8+,22-13+,23-16+,30-17-;. The Morgan fingerprint density at radius 3 is 2.29 bits per heavy atom. The maximum atomic E-state index is 13.9. The molecule has 2 heterocycles. The minimum absolute atomic E-state index is 0.0316. The molecule has 0 aliphatic carbocycles. The molecular formula is C27H34F3N3O2. The van der Waals surface area contributed by atoms with Gasteiger partial charge in [0.25, 0.3) is 5.91 Å². The van der Waals surface area contributed by atoms with Crippen molar-refractivity contribution in [2.45, 2.75) is 47.7 Å². The highest BCUT2D eigenvalue weighted by Crippen LogP contribution is 2.31. The first kappa shape index (κ1) is 29.5. The SMILES string of the molecule is C=CC(=C\C)/C(=C/C)/C=C(\C(C)=N/C(C(=O)N1CC=C(c2ccoc2)C1)=C(\C)N)C(F)(F)F.CC. The number of allylic oxidation sites excluding steroid dienone is 8. The van der Waals surface area contributed by atoms with Crippen molar-refractivity contribution >= 4 is 17.2 Å².